The molecule has 2 aliphatic rings. The van der Waals surface area contributed by atoms with Crippen molar-refractivity contribution in [3.8, 4) is 0 Å². The van der Waals surface area contributed by atoms with Gasteiger partial charge < -0.3 is 15.0 Å². The van der Waals surface area contributed by atoms with Crippen molar-refractivity contribution in [1.29, 1.82) is 0 Å². The van der Waals surface area contributed by atoms with Gasteiger partial charge in [-0.3, -0.25) is 9.69 Å². The highest BCUT2D eigenvalue weighted by atomic mass is 19.1. The second-order valence-electron chi connectivity index (χ2n) is 6.99. The number of hydrogen-bond donors (Lipinski definition) is 1. The summed E-state index contributed by atoms with van der Waals surface area (Å²) in [5.74, 6) is -1.79. The van der Waals surface area contributed by atoms with Crippen molar-refractivity contribution < 1.29 is 23.1 Å². The van der Waals surface area contributed by atoms with Gasteiger partial charge in [-0.05, 0) is 16.8 Å². The number of tetrazole rings is 1. The molecule has 4 rings (SSSR count). The van der Waals surface area contributed by atoms with Gasteiger partial charge in [-0.2, -0.15) is 0 Å². The van der Waals surface area contributed by atoms with Crippen LogP contribution < -0.4 is 15.1 Å². The van der Waals surface area contributed by atoms with E-state index in [4.69, 9.17) is 4.74 Å². The molecule has 1 N–H and O–H groups in total. The van der Waals surface area contributed by atoms with Gasteiger partial charge >= 0.3 is 6.09 Å². The Balaban J connectivity index is 1.49. The number of ether oxygens (including phenoxy) is 1. The predicted octanol–water partition coefficient (Wildman–Crippen LogP) is 0.864. The van der Waals surface area contributed by atoms with E-state index in [0.717, 1.165) is 17.0 Å². The molecule has 1 aromatic carbocycles. The Kier molecular flexibility index (Phi) is 4.99. The summed E-state index contributed by atoms with van der Waals surface area (Å²) in [6.07, 6.45) is 0.814. The van der Waals surface area contributed by atoms with E-state index in [2.05, 4.69) is 20.8 Å². The van der Waals surface area contributed by atoms with Crippen molar-refractivity contribution in [2.45, 2.75) is 25.5 Å². The number of carbonyl (C=O) groups excluding carboxylic acids is 2. The van der Waals surface area contributed by atoms with Crippen LogP contribution in [0.15, 0.2) is 18.5 Å². The first-order valence-electron chi connectivity index (χ1n) is 9.11. The Morgan fingerprint density at radius 3 is 2.72 bits per heavy atom. The number of hydrogen-bond acceptors (Lipinski definition) is 7. The summed E-state index contributed by atoms with van der Waals surface area (Å²) in [6, 6.07) is 2.15. The van der Waals surface area contributed by atoms with Gasteiger partial charge in [0.25, 0.3) is 0 Å². The van der Waals surface area contributed by atoms with Gasteiger partial charge in [0.2, 0.25) is 5.91 Å². The van der Waals surface area contributed by atoms with Crippen molar-refractivity contribution in [3.05, 3.63) is 30.1 Å². The minimum Gasteiger partial charge on any atom is -0.442 e. The average Bonchev–Trinajstić information content (AvgIpc) is 3.40. The molecule has 3 heterocycles. The lowest BCUT2D eigenvalue weighted by molar-refractivity contribution is -0.119. The predicted molar refractivity (Wildman–Crippen MR) is 96.3 cm³/mol. The van der Waals surface area contributed by atoms with Crippen molar-refractivity contribution in [2.24, 2.45) is 0 Å². The van der Waals surface area contributed by atoms with E-state index in [1.807, 2.05) is 0 Å². The molecule has 2 atom stereocenters. The van der Waals surface area contributed by atoms with Crippen LogP contribution in [0.5, 0.6) is 0 Å². The summed E-state index contributed by atoms with van der Waals surface area (Å²) in [5, 5.41) is 13.6. The third kappa shape index (κ3) is 3.82. The minimum absolute atomic E-state index is 0.0651. The Labute approximate surface area is 164 Å². The number of aromatic nitrogens is 4. The molecule has 2 fully saturated rings. The van der Waals surface area contributed by atoms with Crippen LogP contribution in [-0.2, 0) is 9.53 Å². The van der Waals surface area contributed by atoms with Gasteiger partial charge in [-0.15, -0.1) is 5.10 Å². The number of amides is 2. The lowest BCUT2D eigenvalue weighted by atomic mass is 10.2. The smallest absolute Gasteiger partial charge is 0.414 e. The highest BCUT2D eigenvalue weighted by Crippen LogP contribution is 2.34. The number of nitrogens with one attached hydrogen (secondary N) is 1. The maximum atomic E-state index is 14.8. The zero-order chi connectivity index (χ0) is 20.5. The third-order valence-electron chi connectivity index (χ3n) is 4.98. The Morgan fingerprint density at radius 2 is 2.07 bits per heavy atom. The van der Waals surface area contributed by atoms with Crippen molar-refractivity contribution in [3.63, 3.8) is 0 Å². The fourth-order valence-electron chi connectivity index (χ4n) is 3.60. The molecule has 1 aromatic heterocycles. The summed E-state index contributed by atoms with van der Waals surface area (Å²) in [5.41, 5.74) is -0.0815. The molecular formula is C17H19F2N7O3. The first-order valence-corrected chi connectivity index (χ1v) is 9.11. The fourth-order valence-corrected chi connectivity index (χ4v) is 3.60. The topological polar surface area (TPSA) is 105 Å². The van der Waals surface area contributed by atoms with E-state index in [1.165, 1.54) is 13.3 Å². The van der Waals surface area contributed by atoms with E-state index >= 15 is 0 Å². The summed E-state index contributed by atoms with van der Waals surface area (Å²) in [4.78, 5) is 25.8. The van der Waals surface area contributed by atoms with Gasteiger partial charge in [-0.25, -0.2) is 18.3 Å². The molecule has 2 aliphatic heterocycles. The fraction of sp³-hybridized carbons (Fsp3) is 0.471. The molecule has 0 bridgehead atoms. The van der Waals surface area contributed by atoms with Crippen molar-refractivity contribution in [2.75, 3.05) is 36.0 Å². The highest BCUT2D eigenvalue weighted by molar-refractivity contribution is 5.90. The SMILES string of the molecule is CC(=O)NCC1CN(c2cc(F)c(N3CCC(n4cnnn4)C3)c(F)c2)C(=O)O1. The standard InChI is InChI=1S/C17H19F2N7O3/c1-10(27)20-6-13-8-25(17(28)29-13)12-4-14(18)16(15(19)5-12)24-3-2-11(7-24)26-9-21-22-23-26/h4-5,9,11,13H,2-3,6-8H2,1H3,(H,20,27). The van der Waals surface area contributed by atoms with Crippen LogP contribution in [0.25, 0.3) is 0 Å². The monoisotopic (exact) mass is 407 g/mol. The van der Waals surface area contributed by atoms with Gasteiger partial charge in [0.1, 0.15) is 18.1 Å². The zero-order valence-electron chi connectivity index (χ0n) is 15.6. The zero-order valence-corrected chi connectivity index (χ0v) is 15.6. The molecule has 2 amide bonds. The van der Waals surface area contributed by atoms with E-state index in [1.54, 1.807) is 9.58 Å². The van der Waals surface area contributed by atoms with Gasteiger partial charge in [-0.1, -0.05) is 0 Å². The lowest BCUT2D eigenvalue weighted by Crippen LogP contribution is -2.33. The molecule has 2 saturated heterocycles. The molecule has 12 heteroatoms. The summed E-state index contributed by atoms with van der Waals surface area (Å²) in [6.45, 7) is 2.38. The molecule has 2 unspecified atom stereocenters. The number of benzene rings is 1. The molecule has 0 aliphatic carbocycles. The molecular weight excluding hydrogens is 388 g/mol. The second-order valence-corrected chi connectivity index (χ2v) is 6.99. The van der Waals surface area contributed by atoms with E-state index in [-0.39, 0.29) is 36.4 Å². The van der Waals surface area contributed by atoms with Crippen LogP contribution in [0, 0.1) is 11.6 Å². The van der Waals surface area contributed by atoms with Crippen LogP contribution in [0.1, 0.15) is 19.4 Å². The number of rotatable bonds is 5. The first-order chi connectivity index (χ1) is 13.9. The molecule has 0 radical (unpaired) electrons. The minimum atomic E-state index is -0.768. The van der Waals surface area contributed by atoms with Crippen LogP contribution in [0.3, 0.4) is 0 Å². The molecule has 10 nitrogen and oxygen atoms in total. The van der Waals surface area contributed by atoms with E-state index < -0.39 is 23.8 Å². The summed E-state index contributed by atoms with van der Waals surface area (Å²) >= 11 is 0. The number of carbonyl (C=O) groups is 2. The van der Waals surface area contributed by atoms with Crippen molar-refractivity contribution >= 4 is 23.4 Å². The Morgan fingerprint density at radius 1 is 1.31 bits per heavy atom. The van der Waals surface area contributed by atoms with Crippen LogP contribution in [0.2, 0.25) is 0 Å². The van der Waals surface area contributed by atoms with Crippen LogP contribution >= 0.6 is 0 Å². The molecule has 154 valence electrons. The quantitative estimate of drug-likeness (QED) is 0.784. The largest absolute Gasteiger partial charge is 0.442 e. The molecule has 0 saturated carbocycles. The van der Waals surface area contributed by atoms with Gasteiger partial charge in [0.05, 0.1) is 24.8 Å². The summed E-state index contributed by atoms with van der Waals surface area (Å²) < 4.78 is 36.3. The maximum absolute atomic E-state index is 14.8. The van der Waals surface area contributed by atoms with Crippen LogP contribution in [-0.4, -0.2) is 64.5 Å². The van der Waals surface area contributed by atoms with Crippen molar-refractivity contribution in [1.82, 2.24) is 25.5 Å². The van der Waals surface area contributed by atoms with E-state index in [0.29, 0.717) is 19.5 Å². The number of anilines is 2. The molecule has 29 heavy (non-hydrogen) atoms. The normalized spacial score (nSPS) is 21.6. The molecule has 0 spiro atoms. The van der Waals surface area contributed by atoms with Crippen LogP contribution in [0.4, 0.5) is 25.0 Å². The second kappa shape index (κ2) is 7.60. The number of cyclic esters (lactones) is 1. The number of halogens is 2. The molecule has 2 aromatic rings. The van der Waals surface area contributed by atoms with Gasteiger partial charge in [0.15, 0.2) is 11.6 Å². The first kappa shape index (κ1) is 19.0. The average molecular weight is 407 g/mol. The van der Waals surface area contributed by atoms with Gasteiger partial charge in [0, 0.05) is 32.1 Å². The summed E-state index contributed by atoms with van der Waals surface area (Å²) in [7, 11) is 0. The van der Waals surface area contributed by atoms with E-state index in [9.17, 15) is 18.4 Å². The lowest BCUT2D eigenvalue weighted by Gasteiger charge is -2.22. The maximum Gasteiger partial charge on any atom is 0.414 e. The highest BCUT2D eigenvalue weighted by Gasteiger charge is 2.34. The Hall–Kier alpha value is -3.31. The number of nitrogens with zero attached hydrogens (tertiary/aromatic N) is 6. The Bertz CT molecular complexity index is 901. The third-order valence-corrected chi connectivity index (χ3v) is 4.98.